The molecule has 0 atom stereocenters. The number of allylic oxidation sites excluding steroid dienone is 1. The third kappa shape index (κ3) is 4.44. The van der Waals surface area contributed by atoms with Gasteiger partial charge in [-0.1, -0.05) is 47.1 Å². The van der Waals surface area contributed by atoms with Crippen molar-refractivity contribution in [3.63, 3.8) is 0 Å². The van der Waals surface area contributed by atoms with E-state index in [1.54, 1.807) is 36.2 Å². The minimum atomic E-state index is -0.118. The van der Waals surface area contributed by atoms with Gasteiger partial charge in [-0.3, -0.25) is 9.78 Å². The van der Waals surface area contributed by atoms with Gasteiger partial charge in [0, 0.05) is 39.3 Å². The van der Waals surface area contributed by atoms with Crippen LogP contribution in [-0.2, 0) is 6.54 Å². The zero-order valence-electron chi connectivity index (χ0n) is 20.5. The Bertz CT molecular complexity index is 1840. The first kappa shape index (κ1) is 23.6. The average Bonchev–Trinajstić information content (AvgIpc) is 3.56. The number of methoxy groups -OCH3 is 1. The van der Waals surface area contributed by atoms with Gasteiger partial charge in [-0.2, -0.15) is 0 Å². The zero-order chi connectivity index (χ0) is 26.1. The summed E-state index contributed by atoms with van der Waals surface area (Å²) >= 11 is 6.14. The smallest absolute Gasteiger partial charge is 0.189 e. The fraction of sp³-hybridized carbons (Fsp3) is 0.0667. The van der Waals surface area contributed by atoms with Crippen molar-refractivity contribution in [1.82, 2.24) is 24.5 Å². The van der Waals surface area contributed by atoms with Gasteiger partial charge in [0.15, 0.2) is 5.78 Å². The van der Waals surface area contributed by atoms with Gasteiger partial charge in [-0.15, -0.1) is 5.10 Å². The van der Waals surface area contributed by atoms with Crippen LogP contribution < -0.4 is 4.74 Å². The summed E-state index contributed by atoms with van der Waals surface area (Å²) in [7, 11) is 1.56. The molecule has 3 aromatic heterocycles. The molecule has 0 aliphatic rings. The van der Waals surface area contributed by atoms with Gasteiger partial charge in [-0.05, 0) is 54.6 Å². The molecule has 8 heteroatoms. The van der Waals surface area contributed by atoms with Crippen molar-refractivity contribution in [2.24, 2.45) is 0 Å². The maximum Gasteiger partial charge on any atom is 0.189 e. The van der Waals surface area contributed by atoms with Crippen LogP contribution in [0.4, 0.5) is 0 Å². The molecule has 0 fully saturated rings. The Morgan fingerprint density at radius 2 is 1.84 bits per heavy atom. The normalized spacial score (nSPS) is 11.5. The number of hydrogen-bond acceptors (Lipinski definition) is 5. The second-order valence-electron chi connectivity index (χ2n) is 8.77. The fourth-order valence-electron chi connectivity index (χ4n) is 4.61. The lowest BCUT2D eigenvalue weighted by Gasteiger charge is -2.05. The first-order valence-corrected chi connectivity index (χ1v) is 12.4. The van der Waals surface area contributed by atoms with E-state index in [1.165, 1.54) is 0 Å². The lowest BCUT2D eigenvalue weighted by atomic mass is 10.1. The number of ether oxygens (including phenoxy) is 1. The molecule has 3 heterocycles. The van der Waals surface area contributed by atoms with Crippen LogP contribution in [-0.4, -0.2) is 37.4 Å². The van der Waals surface area contributed by atoms with Gasteiger partial charge in [0.05, 0.1) is 36.6 Å². The van der Waals surface area contributed by atoms with Crippen LogP contribution >= 0.6 is 11.6 Å². The van der Waals surface area contributed by atoms with E-state index in [0.717, 1.165) is 38.8 Å². The minimum absolute atomic E-state index is 0.118. The highest BCUT2D eigenvalue weighted by molar-refractivity contribution is 6.31. The van der Waals surface area contributed by atoms with Gasteiger partial charge in [0.1, 0.15) is 11.4 Å². The van der Waals surface area contributed by atoms with Crippen LogP contribution in [0, 0.1) is 0 Å². The quantitative estimate of drug-likeness (QED) is 0.181. The largest absolute Gasteiger partial charge is 0.496 e. The van der Waals surface area contributed by atoms with Gasteiger partial charge in [-0.25, -0.2) is 4.68 Å². The predicted molar refractivity (Wildman–Crippen MR) is 149 cm³/mol. The summed E-state index contributed by atoms with van der Waals surface area (Å²) in [5.74, 6) is 0.436. The summed E-state index contributed by atoms with van der Waals surface area (Å²) in [6, 6.07) is 22.8. The molecule has 6 aromatic rings. The SMILES string of the molecule is COc1ccccc1C(=O)/C=C/c1cn(Cc2cn(-c3ccnc4cc(Cl)ccc34)nn2)c2ccccc12. The van der Waals surface area contributed by atoms with Gasteiger partial charge >= 0.3 is 0 Å². The molecule has 3 aromatic carbocycles. The van der Waals surface area contributed by atoms with E-state index in [1.807, 2.05) is 73.1 Å². The number of aromatic nitrogens is 5. The topological polar surface area (TPSA) is 74.8 Å². The molecule has 0 bridgehead atoms. The second-order valence-corrected chi connectivity index (χ2v) is 9.21. The van der Waals surface area contributed by atoms with E-state index < -0.39 is 0 Å². The summed E-state index contributed by atoms with van der Waals surface area (Å²) in [5.41, 5.74) is 4.97. The molecule has 38 heavy (non-hydrogen) atoms. The number of rotatable bonds is 7. The number of carbonyl (C=O) groups is 1. The molecule has 0 saturated heterocycles. The van der Waals surface area contributed by atoms with E-state index >= 15 is 0 Å². The highest BCUT2D eigenvalue weighted by atomic mass is 35.5. The van der Waals surface area contributed by atoms with Crippen molar-refractivity contribution < 1.29 is 9.53 Å². The third-order valence-corrected chi connectivity index (χ3v) is 6.64. The Morgan fingerprint density at radius 3 is 2.74 bits per heavy atom. The molecular weight excluding hydrogens is 498 g/mol. The molecule has 0 amide bonds. The zero-order valence-corrected chi connectivity index (χ0v) is 21.2. The molecule has 0 N–H and O–H groups in total. The molecule has 6 rings (SSSR count). The molecule has 0 saturated carbocycles. The molecule has 0 aliphatic heterocycles. The van der Waals surface area contributed by atoms with Crippen molar-refractivity contribution in [3.8, 4) is 11.4 Å². The van der Waals surface area contributed by atoms with E-state index in [0.29, 0.717) is 22.9 Å². The Morgan fingerprint density at radius 1 is 1.00 bits per heavy atom. The molecule has 7 nitrogen and oxygen atoms in total. The molecule has 0 spiro atoms. The van der Waals surface area contributed by atoms with E-state index in [4.69, 9.17) is 16.3 Å². The lowest BCUT2D eigenvalue weighted by Crippen LogP contribution is -1.99. The summed E-state index contributed by atoms with van der Waals surface area (Å²) < 4.78 is 9.21. The molecule has 186 valence electrons. The van der Waals surface area contributed by atoms with Gasteiger partial charge in [0.2, 0.25) is 0 Å². The first-order chi connectivity index (χ1) is 18.6. The second kappa shape index (κ2) is 9.95. The number of para-hydroxylation sites is 2. The van der Waals surface area contributed by atoms with Crippen molar-refractivity contribution >= 4 is 45.3 Å². The highest BCUT2D eigenvalue weighted by Crippen LogP contribution is 2.26. The minimum Gasteiger partial charge on any atom is -0.496 e. The van der Waals surface area contributed by atoms with Crippen LogP contribution in [0.5, 0.6) is 5.75 Å². The molecule has 0 unspecified atom stereocenters. The number of ketones is 1. The Labute approximate surface area is 223 Å². The van der Waals surface area contributed by atoms with Crippen LogP contribution in [0.25, 0.3) is 33.6 Å². The van der Waals surface area contributed by atoms with Crippen molar-refractivity contribution in [2.45, 2.75) is 6.54 Å². The summed E-state index contributed by atoms with van der Waals surface area (Å²) in [6.45, 7) is 0.518. The first-order valence-electron chi connectivity index (χ1n) is 12.0. The number of carbonyl (C=O) groups excluding carboxylic acids is 1. The fourth-order valence-corrected chi connectivity index (χ4v) is 4.78. The number of pyridine rings is 1. The lowest BCUT2D eigenvalue weighted by molar-refractivity contribution is 0.104. The van der Waals surface area contributed by atoms with E-state index in [2.05, 4.69) is 25.9 Å². The maximum atomic E-state index is 12.9. The van der Waals surface area contributed by atoms with Crippen molar-refractivity contribution in [2.75, 3.05) is 7.11 Å². The summed E-state index contributed by atoms with van der Waals surface area (Å²) in [4.78, 5) is 17.3. The number of fused-ring (bicyclic) bond motifs is 2. The van der Waals surface area contributed by atoms with Crippen LogP contribution in [0.1, 0.15) is 21.6 Å². The van der Waals surface area contributed by atoms with Crippen LogP contribution in [0.2, 0.25) is 5.02 Å². The average molecular weight is 520 g/mol. The van der Waals surface area contributed by atoms with Gasteiger partial charge in [0.25, 0.3) is 0 Å². The number of hydrogen-bond donors (Lipinski definition) is 0. The predicted octanol–water partition coefficient (Wildman–Crippen LogP) is 6.38. The molecular formula is C30H22ClN5O2. The number of halogens is 1. The third-order valence-electron chi connectivity index (χ3n) is 6.41. The van der Waals surface area contributed by atoms with E-state index in [-0.39, 0.29) is 5.78 Å². The standard InChI is InChI=1S/C30H22ClN5O2/c1-38-30-9-5-3-7-25(30)29(37)13-10-20-17-35(27-8-4-2-6-23(20)27)18-22-19-36(34-33-22)28-14-15-32-26-16-21(31)11-12-24(26)28/h2-17,19H,18H2,1H3/b13-10+. The van der Waals surface area contributed by atoms with Crippen LogP contribution in [0.15, 0.2) is 97.5 Å². The van der Waals surface area contributed by atoms with Crippen LogP contribution in [0.3, 0.4) is 0 Å². The van der Waals surface area contributed by atoms with Crippen molar-refractivity contribution in [3.05, 3.63) is 119 Å². The van der Waals surface area contributed by atoms with Crippen molar-refractivity contribution in [1.29, 1.82) is 0 Å². The number of benzene rings is 3. The Balaban J connectivity index is 1.30. The highest BCUT2D eigenvalue weighted by Gasteiger charge is 2.13. The van der Waals surface area contributed by atoms with Gasteiger partial charge < -0.3 is 9.30 Å². The summed E-state index contributed by atoms with van der Waals surface area (Å²) in [6.07, 6.45) is 9.11. The number of nitrogens with zero attached hydrogens (tertiary/aromatic N) is 5. The molecule has 0 aliphatic carbocycles. The monoisotopic (exact) mass is 519 g/mol. The Hall–Kier alpha value is -4.75. The Kier molecular flexibility index (Phi) is 6.19. The van der Waals surface area contributed by atoms with E-state index in [9.17, 15) is 4.79 Å². The molecule has 0 radical (unpaired) electrons. The maximum absolute atomic E-state index is 12.9. The summed E-state index contributed by atoms with van der Waals surface area (Å²) in [5, 5.41) is 11.4.